The highest BCUT2D eigenvalue weighted by atomic mass is 31.2. The average molecular weight is 234 g/mol. The monoisotopic (exact) mass is 234 g/mol. The van der Waals surface area contributed by atoms with E-state index in [2.05, 4.69) is 6.92 Å². The lowest BCUT2D eigenvalue weighted by Gasteiger charge is -2.10. The Bertz CT molecular complexity index is 312. The number of fused-ring (bicyclic) bond motifs is 2. The fourth-order valence-electron chi connectivity index (χ4n) is 1.42. The van der Waals surface area contributed by atoms with Crippen molar-refractivity contribution >= 4 is 7.82 Å². The minimum absolute atomic E-state index is 0.196. The third kappa shape index (κ3) is 2.47. The summed E-state index contributed by atoms with van der Waals surface area (Å²) in [7, 11) is -3.29. The molecule has 0 aromatic heterocycles. The van der Waals surface area contributed by atoms with Crippen LogP contribution in [-0.2, 0) is 22.9 Å². The number of phosphoric acid groups is 1. The molecule has 0 spiro atoms. The molecule has 0 N–H and O–H groups in total. The maximum atomic E-state index is 11.4. The van der Waals surface area contributed by atoms with Crippen LogP contribution in [0.4, 0.5) is 0 Å². The van der Waals surface area contributed by atoms with E-state index in [1.165, 1.54) is 12.8 Å². The second-order valence-corrected chi connectivity index (χ2v) is 5.04. The number of rotatable bonds is 6. The fourth-order valence-corrected chi connectivity index (χ4v) is 2.59. The number of phosphoric ester groups is 1. The molecule has 2 bridgehead atoms. The summed E-state index contributed by atoms with van der Waals surface area (Å²) >= 11 is 0. The van der Waals surface area contributed by atoms with Crippen molar-refractivity contribution in [1.29, 1.82) is 0 Å². The summed E-state index contributed by atoms with van der Waals surface area (Å²) in [5, 5.41) is 0. The topological polar surface area (TPSA) is 54.0 Å². The SMILES string of the molecule is CCCCCCOC1=C2COP(=O)(O2)O1. The first kappa shape index (κ1) is 10.8. The molecule has 5 nitrogen and oxygen atoms in total. The zero-order valence-corrected chi connectivity index (χ0v) is 9.63. The molecule has 1 saturated heterocycles. The quantitative estimate of drug-likeness (QED) is 0.522. The Hall–Kier alpha value is -0.670. The molecule has 0 aliphatic carbocycles. The Kier molecular flexibility index (Phi) is 3.22. The van der Waals surface area contributed by atoms with Crippen LogP contribution >= 0.6 is 7.82 Å². The molecule has 2 rings (SSSR count). The first-order chi connectivity index (χ1) is 7.23. The number of ether oxygens (including phenoxy) is 1. The molecule has 2 heterocycles. The predicted molar refractivity (Wildman–Crippen MR) is 52.8 cm³/mol. The van der Waals surface area contributed by atoms with E-state index in [0.29, 0.717) is 12.4 Å². The van der Waals surface area contributed by atoms with Crippen molar-refractivity contribution in [3.8, 4) is 0 Å². The normalized spacial score (nSPS) is 27.8. The highest BCUT2D eigenvalue weighted by Crippen LogP contribution is 2.63. The third-order valence-corrected chi connectivity index (χ3v) is 3.51. The van der Waals surface area contributed by atoms with E-state index in [-0.39, 0.29) is 12.6 Å². The van der Waals surface area contributed by atoms with Crippen molar-refractivity contribution in [3.05, 3.63) is 11.7 Å². The van der Waals surface area contributed by atoms with E-state index in [4.69, 9.17) is 18.3 Å². The number of unbranched alkanes of at least 4 members (excludes halogenated alkanes) is 3. The maximum Gasteiger partial charge on any atom is 0.590 e. The Morgan fingerprint density at radius 3 is 2.80 bits per heavy atom. The van der Waals surface area contributed by atoms with Crippen molar-refractivity contribution < 1.29 is 22.9 Å². The van der Waals surface area contributed by atoms with E-state index in [0.717, 1.165) is 12.8 Å². The number of hydrogen-bond acceptors (Lipinski definition) is 5. The third-order valence-electron chi connectivity index (χ3n) is 2.23. The lowest BCUT2D eigenvalue weighted by Crippen LogP contribution is -2.02. The fraction of sp³-hybridized carbons (Fsp3) is 0.778. The van der Waals surface area contributed by atoms with Crippen molar-refractivity contribution in [2.75, 3.05) is 13.2 Å². The van der Waals surface area contributed by atoms with E-state index in [1.807, 2.05) is 0 Å². The zero-order chi connectivity index (χ0) is 10.7. The minimum atomic E-state index is -3.29. The highest BCUT2D eigenvalue weighted by molar-refractivity contribution is 7.49. The van der Waals surface area contributed by atoms with Crippen LogP contribution in [0.3, 0.4) is 0 Å². The van der Waals surface area contributed by atoms with E-state index in [1.54, 1.807) is 0 Å². The molecule has 0 radical (unpaired) electrons. The predicted octanol–water partition coefficient (Wildman–Crippen LogP) is 2.94. The summed E-state index contributed by atoms with van der Waals surface area (Å²) in [6.45, 7) is 2.92. The summed E-state index contributed by atoms with van der Waals surface area (Å²) in [6.07, 6.45) is 4.50. The van der Waals surface area contributed by atoms with Crippen LogP contribution in [0, 0.1) is 0 Å². The molecule has 6 heteroatoms. The molecule has 0 amide bonds. The molecule has 2 aliphatic heterocycles. The summed E-state index contributed by atoms with van der Waals surface area (Å²) in [5.41, 5.74) is 0. The van der Waals surface area contributed by atoms with Gasteiger partial charge >= 0.3 is 13.8 Å². The highest BCUT2D eigenvalue weighted by Gasteiger charge is 2.49. The molecule has 15 heavy (non-hydrogen) atoms. The Labute approximate surface area is 89.0 Å². The van der Waals surface area contributed by atoms with Gasteiger partial charge in [-0.05, 0) is 6.42 Å². The van der Waals surface area contributed by atoms with Gasteiger partial charge in [-0.1, -0.05) is 26.2 Å². The molecule has 0 aromatic carbocycles. The second-order valence-electron chi connectivity index (χ2n) is 3.52. The molecule has 1 fully saturated rings. The molecule has 2 aliphatic rings. The molecular formula is C9H15O5P. The molecule has 86 valence electrons. The van der Waals surface area contributed by atoms with Gasteiger partial charge in [-0.25, -0.2) is 4.57 Å². The Morgan fingerprint density at radius 2 is 2.20 bits per heavy atom. The Balaban J connectivity index is 1.71. The van der Waals surface area contributed by atoms with Crippen LogP contribution in [0.5, 0.6) is 0 Å². The molecule has 0 aromatic rings. The van der Waals surface area contributed by atoms with Gasteiger partial charge < -0.3 is 13.8 Å². The van der Waals surface area contributed by atoms with Crippen LogP contribution in [0.25, 0.3) is 0 Å². The van der Waals surface area contributed by atoms with Gasteiger partial charge in [-0.3, -0.25) is 4.52 Å². The molecule has 1 unspecified atom stereocenters. The van der Waals surface area contributed by atoms with Crippen LogP contribution in [0.2, 0.25) is 0 Å². The smallest absolute Gasteiger partial charge is 0.463 e. The largest absolute Gasteiger partial charge is 0.590 e. The average Bonchev–Trinajstić information content (AvgIpc) is 2.72. The minimum Gasteiger partial charge on any atom is -0.463 e. The van der Waals surface area contributed by atoms with Crippen molar-refractivity contribution in [1.82, 2.24) is 0 Å². The second kappa shape index (κ2) is 4.45. The zero-order valence-electron chi connectivity index (χ0n) is 8.73. The van der Waals surface area contributed by atoms with E-state index in [9.17, 15) is 4.57 Å². The van der Waals surface area contributed by atoms with Gasteiger partial charge in [0.05, 0.1) is 6.61 Å². The van der Waals surface area contributed by atoms with Gasteiger partial charge in [-0.2, -0.15) is 0 Å². The molecule has 1 atom stereocenters. The van der Waals surface area contributed by atoms with Crippen LogP contribution in [0.15, 0.2) is 11.7 Å². The lowest BCUT2D eigenvalue weighted by atomic mass is 10.2. The van der Waals surface area contributed by atoms with E-state index < -0.39 is 7.82 Å². The van der Waals surface area contributed by atoms with Gasteiger partial charge in [0.25, 0.3) is 0 Å². The van der Waals surface area contributed by atoms with Crippen molar-refractivity contribution in [2.45, 2.75) is 32.6 Å². The lowest BCUT2D eigenvalue weighted by molar-refractivity contribution is 0.0826. The van der Waals surface area contributed by atoms with E-state index >= 15 is 0 Å². The summed E-state index contributed by atoms with van der Waals surface area (Å²) in [6, 6.07) is 0. The first-order valence-corrected chi connectivity index (χ1v) is 6.69. The molecule has 0 saturated carbocycles. The van der Waals surface area contributed by atoms with Gasteiger partial charge in [0, 0.05) is 0 Å². The van der Waals surface area contributed by atoms with Gasteiger partial charge in [-0.15, -0.1) is 0 Å². The molecular weight excluding hydrogens is 219 g/mol. The van der Waals surface area contributed by atoms with Crippen LogP contribution in [0.1, 0.15) is 32.6 Å². The van der Waals surface area contributed by atoms with Crippen LogP contribution in [-0.4, -0.2) is 13.2 Å². The standard InChI is InChI=1S/C9H15O5P/c1-2-3-4-5-6-11-9-8-7-12-15(10,13-8)14-9/h2-7H2,1H3. The summed E-state index contributed by atoms with van der Waals surface area (Å²) < 4.78 is 31.3. The summed E-state index contributed by atoms with van der Waals surface area (Å²) in [5.74, 6) is 0.676. The number of hydrogen-bond donors (Lipinski definition) is 0. The van der Waals surface area contributed by atoms with Crippen molar-refractivity contribution in [2.24, 2.45) is 0 Å². The first-order valence-electron chi connectivity index (χ1n) is 5.23. The van der Waals surface area contributed by atoms with Crippen molar-refractivity contribution in [3.63, 3.8) is 0 Å². The van der Waals surface area contributed by atoms with Gasteiger partial charge in [0.15, 0.2) is 0 Å². The maximum absolute atomic E-state index is 11.4. The van der Waals surface area contributed by atoms with Crippen LogP contribution < -0.4 is 0 Å². The Morgan fingerprint density at radius 1 is 1.33 bits per heavy atom. The summed E-state index contributed by atoms with van der Waals surface area (Å²) in [4.78, 5) is 0. The van der Waals surface area contributed by atoms with Gasteiger partial charge in [0.2, 0.25) is 5.76 Å². The van der Waals surface area contributed by atoms with Gasteiger partial charge in [0.1, 0.15) is 6.61 Å².